The van der Waals surface area contributed by atoms with Crippen LogP contribution in [0.5, 0.6) is 0 Å². The number of carbonyl (C=O) groups excluding carboxylic acids is 1. The molecule has 1 atom stereocenters. The molecule has 2 aromatic carbocycles. The van der Waals surface area contributed by atoms with Gasteiger partial charge >= 0.3 is 5.97 Å². The average molecular weight is 467 g/mol. The topological polar surface area (TPSA) is 51.7 Å². The van der Waals surface area contributed by atoms with Crippen molar-refractivity contribution in [2.75, 3.05) is 19.7 Å². The molecule has 0 amide bonds. The molecular weight excluding hydrogens is 438 g/mol. The predicted octanol–water partition coefficient (Wildman–Crippen LogP) is 5.31. The van der Waals surface area contributed by atoms with Gasteiger partial charge in [-0.2, -0.15) is 0 Å². The summed E-state index contributed by atoms with van der Waals surface area (Å²) in [6.07, 6.45) is 2.48. The Morgan fingerprint density at radius 1 is 1.09 bits per heavy atom. The van der Waals surface area contributed by atoms with E-state index >= 15 is 0 Å². The number of nitrogens with zero attached hydrogens (tertiary/aromatic N) is 2. The number of hydrogen-bond donors (Lipinski definition) is 0. The van der Waals surface area contributed by atoms with Crippen LogP contribution in [0.3, 0.4) is 0 Å². The highest BCUT2D eigenvalue weighted by Crippen LogP contribution is 2.32. The Bertz CT molecular complexity index is 1100. The van der Waals surface area contributed by atoms with Gasteiger partial charge in [0.05, 0.1) is 24.0 Å². The molecule has 1 aliphatic rings. The third-order valence-corrected chi connectivity index (χ3v) is 5.92. The van der Waals surface area contributed by atoms with E-state index in [-0.39, 0.29) is 12.1 Å². The number of benzene rings is 2. The van der Waals surface area contributed by atoms with Crippen LogP contribution in [0.2, 0.25) is 0 Å². The first-order valence-electron chi connectivity index (χ1n) is 11.5. The molecule has 7 heteroatoms. The SMILES string of the molecule is CCOC(=O)c1ccnc(CN2CCC(OC(c3ccccc3)c3ccc(F)cc3F)CC2)c1. The Morgan fingerprint density at radius 3 is 2.56 bits per heavy atom. The van der Waals surface area contributed by atoms with E-state index in [1.165, 1.54) is 12.1 Å². The fourth-order valence-corrected chi connectivity index (χ4v) is 4.20. The molecule has 1 aromatic heterocycles. The van der Waals surface area contributed by atoms with Crippen LogP contribution in [0.25, 0.3) is 0 Å². The summed E-state index contributed by atoms with van der Waals surface area (Å²) in [5.74, 6) is -1.57. The Hall–Kier alpha value is -3.16. The summed E-state index contributed by atoms with van der Waals surface area (Å²) < 4.78 is 39.6. The molecule has 2 heterocycles. The van der Waals surface area contributed by atoms with Crippen molar-refractivity contribution in [3.63, 3.8) is 0 Å². The van der Waals surface area contributed by atoms with E-state index in [2.05, 4.69) is 9.88 Å². The molecule has 0 aliphatic carbocycles. The highest BCUT2D eigenvalue weighted by molar-refractivity contribution is 5.89. The summed E-state index contributed by atoms with van der Waals surface area (Å²) in [5, 5.41) is 0. The third kappa shape index (κ3) is 6.04. The first-order valence-corrected chi connectivity index (χ1v) is 11.5. The zero-order valence-corrected chi connectivity index (χ0v) is 19.1. The second-order valence-electron chi connectivity index (χ2n) is 8.32. The number of carbonyl (C=O) groups is 1. The molecule has 0 N–H and O–H groups in total. The maximum atomic E-state index is 14.6. The first-order chi connectivity index (χ1) is 16.5. The molecule has 0 bridgehead atoms. The monoisotopic (exact) mass is 466 g/mol. The summed E-state index contributed by atoms with van der Waals surface area (Å²) in [6, 6.07) is 16.5. The lowest BCUT2D eigenvalue weighted by atomic mass is 9.99. The van der Waals surface area contributed by atoms with E-state index < -0.39 is 17.7 Å². The van der Waals surface area contributed by atoms with Gasteiger partial charge in [-0.05, 0) is 43.5 Å². The van der Waals surface area contributed by atoms with Gasteiger partial charge in [0, 0.05) is 37.5 Å². The molecular formula is C27H28F2N2O3. The summed E-state index contributed by atoms with van der Waals surface area (Å²) in [7, 11) is 0. The number of aromatic nitrogens is 1. The third-order valence-electron chi connectivity index (χ3n) is 5.92. The van der Waals surface area contributed by atoms with E-state index in [1.807, 2.05) is 30.3 Å². The number of esters is 1. The molecule has 1 saturated heterocycles. The first kappa shape index (κ1) is 24.0. The molecule has 1 aliphatic heterocycles. The van der Waals surface area contributed by atoms with E-state index in [0.29, 0.717) is 24.3 Å². The number of ether oxygens (including phenoxy) is 2. The van der Waals surface area contributed by atoms with Gasteiger partial charge in [0.15, 0.2) is 0 Å². The zero-order chi connectivity index (χ0) is 23.9. The number of pyridine rings is 1. The average Bonchev–Trinajstić information content (AvgIpc) is 2.85. The highest BCUT2D eigenvalue weighted by atomic mass is 19.1. The molecule has 5 nitrogen and oxygen atoms in total. The van der Waals surface area contributed by atoms with Gasteiger partial charge in [-0.15, -0.1) is 0 Å². The van der Waals surface area contributed by atoms with Crippen LogP contribution in [0, 0.1) is 11.6 Å². The van der Waals surface area contributed by atoms with Gasteiger partial charge in [-0.3, -0.25) is 9.88 Å². The summed E-state index contributed by atoms with van der Waals surface area (Å²) in [5.41, 5.74) is 2.46. The molecule has 0 spiro atoms. The standard InChI is InChI=1S/C27H28F2N2O3/c1-2-33-27(32)20-10-13-30-22(16-20)18-31-14-11-23(12-15-31)34-26(19-6-4-3-5-7-19)24-9-8-21(28)17-25(24)29/h3-10,13,16-17,23,26H,2,11-12,14-15,18H2,1H3. The molecule has 34 heavy (non-hydrogen) atoms. The number of rotatable bonds is 8. The number of hydrogen-bond acceptors (Lipinski definition) is 5. The summed E-state index contributed by atoms with van der Waals surface area (Å²) in [6.45, 7) is 4.29. The van der Waals surface area contributed by atoms with Crippen molar-refractivity contribution in [1.82, 2.24) is 9.88 Å². The van der Waals surface area contributed by atoms with E-state index in [1.54, 1.807) is 25.3 Å². The highest BCUT2D eigenvalue weighted by Gasteiger charge is 2.27. The lowest BCUT2D eigenvalue weighted by Gasteiger charge is -2.34. The molecule has 3 aromatic rings. The Labute approximate surface area is 198 Å². The van der Waals surface area contributed by atoms with Crippen molar-refractivity contribution >= 4 is 5.97 Å². The second-order valence-corrected chi connectivity index (χ2v) is 8.32. The van der Waals surface area contributed by atoms with Gasteiger partial charge in [-0.25, -0.2) is 13.6 Å². The van der Waals surface area contributed by atoms with Crippen molar-refractivity contribution < 1.29 is 23.0 Å². The quantitative estimate of drug-likeness (QED) is 0.422. The van der Waals surface area contributed by atoms with Crippen LogP contribution in [0.1, 0.15) is 53.0 Å². The molecule has 0 radical (unpaired) electrons. The number of piperidine rings is 1. The Kier molecular flexibility index (Phi) is 7.98. The van der Waals surface area contributed by atoms with Gasteiger partial charge in [0.2, 0.25) is 0 Å². The summed E-state index contributed by atoms with van der Waals surface area (Å²) >= 11 is 0. The molecule has 1 unspecified atom stereocenters. The van der Waals surface area contributed by atoms with Crippen LogP contribution >= 0.6 is 0 Å². The largest absolute Gasteiger partial charge is 0.462 e. The minimum atomic E-state index is -0.612. The maximum absolute atomic E-state index is 14.6. The van der Waals surface area contributed by atoms with Gasteiger partial charge in [0.1, 0.15) is 17.7 Å². The zero-order valence-electron chi connectivity index (χ0n) is 19.1. The summed E-state index contributed by atoms with van der Waals surface area (Å²) in [4.78, 5) is 18.6. The van der Waals surface area contributed by atoms with Gasteiger partial charge in [-0.1, -0.05) is 36.4 Å². The minimum absolute atomic E-state index is 0.0651. The van der Waals surface area contributed by atoms with Crippen LogP contribution in [0.15, 0.2) is 66.9 Å². The van der Waals surface area contributed by atoms with Crippen LogP contribution in [-0.2, 0) is 16.0 Å². The van der Waals surface area contributed by atoms with Crippen LogP contribution in [-0.4, -0.2) is 41.7 Å². The minimum Gasteiger partial charge on any atom is -0.462 e. The predicted molar refractivity (Wildman–Crippen MR) is 124 cm³/mol. The van der Waals surface area contributed by atoms with Crippen LogP contribution in [0.4, 0.5) is 8.78 Å². The normalized spacial score (nSPS) is 15.7. The maximum Gasteiger partial charge on any atom is 0.338 e. The van der Waals surface area contributed by atoms with Gasteiger partial charge in [0.25, 0.3) is 0 Å². The Morgan fingerprint density at radius 2 is 1.85 bits per heavy atom. The number of halogens is 2. The van der Waals surface area contributed by atoms with Crippen molar-refractivity contribution in [3.8, 4) is 0 Å². The van der Waals surface area contributed by atoms with Gasteiger partial charge < -0.3 is 9.47 Å². The molecule has 178 valence electrons. The lowest BCUT2D eigenvalue weighted by Crippen LogP contribution is -2.37. The molecule has 0 saturated carbocycles. The smallest absolute Gasteiger partial charge is 0.338 e. The van der Waals surface area contributed by atoms with Crippen molar-refractivity contribution in [3.05, 3.63) is 101 Å². The van der Waals surface area contributed by atoms with E-state index in [0.717, 1.165) is 43.3 Å². The second kappa shape index (κ2) is 11.3. The fourth-order valence-electron chi connectivity index (χ4n) is 4.20. The van der Waals surface area contributed by atoms with E-state index in [4.69, 9.17) is 9.47 Å². The van der Waals surface area contributed by atoms with Crippen molar-refractivity contribution in [2.24, 2.45) is 0 Å². The molecule has 4 rings (SSSR count). The lowest BCUT2D eigenvalue weighted by molar-refractivity contribution is -0.0294. The van der Waals surface area contributed by atoms with Crippen LogP contribution < -0.4 is 0 Å². The number of likely N-dealkylation sites (tertiary alicyclic amines) is 1. The van der Waals surface area contributed by atoms with E-state index in [9.17, 15) is 13.6 Å². The van der Waals surface area contributed by atoms with Crippen molar-refractivity contribution in [2.45, 2.75) is 38.5 Å². The van der Waals surface area contributed by atoms with Crippen molar-refractivity contribution in [1.29, 1.82) is 0 Å². The molecule has 1 fully saturated rings. The Balaban J connectivity index is 1.40. The fraction of sp³-hybridized carbons (Fsp3) is 0.333.